The molecule has 0 aliphatic rings. The van der Waals surface area contributed by atoms with Gasteiger partial charge in [0.15, 0.2) is 0 Å². The number of esters is 4. The SMILES string of the molecule is O=C(CCSCCC(=O)OCCSCCOC(=O)CCSCCC(=O)OCCSCO)OCCSCO. The number of hydrogen-bond acceptors (Lipinski definition) is 15. The summed E-state index contributed by atoms with van der Waals surface area (Å²) in [6.07, 6.45) is 1.12. The van der Waals surface area contributed by atoms with Gasteiger partial charge in [0.05, 0.1) is 37.6 Å². The second kappa shape index (κ2) is 28.6. The zero-order valence-corrected chi connectivity index (χ0v) is 25.0. The number of hydrogen-bond donors (Lipinski definition) is 2. The van der Waals surface area contributed by atoms with Crippen molar-refractivity contribution in [2.45, 2.75) is 25.7 Å². The summed E-state index contributed by atoms with van der Waals surface area (Å²) in [5.41, 5.74) is 0. The Bertz CT molecular complexity index is 562. The van der Waals surface area contributed by atoms with Crippen LogP contribution in [0.3, 0.4) is 0 Å². The molecule has 0 aromatic heterocycles. The predicted octanol–water partition coefficient (Wildman–Crippen LogP) is 2.29. The van der Waals surface area contributed by atoms with Crippen molar-refractivity contribution in [3.8, 4) is 0 Å². The highest BCUT2D eigenvalue weighted by Crippen LogP contribution is 2.09. The van der Waals surface area contributed by atoms with Crippen LogP contribution in [0.4, 0.5) is 0 Å². The molecule has 15 heteroatoms. The molecule has 0 amide bonds. The van der Waals surface area contributed by atoms with Crippen LogP contribution in [0, 0.1) is 0 Å². The summed E-state index contributed by atoms with van der Waals surface area (Å²) < 4.78 is 20.3. The lowest BCUT2D eigenvalue weighted by atomic mass is 10.5. The van der Waals surface area contributed by atoms with Crippen LogP contribution in [0.25, 0.3) is 0 Å². The summed E-state index contributed by atoms with van der Waals surface area (Å²) in [5, 5.41) is 17.2. The van der Waals surface area contributed by atoms with Crippen molar-refractivity contribution < 1.29 is 48.3 Å². The molecule has 0 radical (unpaired) electrons. The van der Waals surface area contributed by atoms with Crippen LogP contribution in [0.2, 0.25) is 0 Å². The molecular weight excluding hydrogens is 585 g/mol. The molecule has 0 atom stereocenters. The monoisotopic (exact) mass is 622 g/mol. The van der Waals surface area contributed by atoms with E-state index in [4.69, 9.17) is 29.2 Å². The molecule has 216 valence electrons. The average Bonchev–Trinajstić information content (AvgIpc) is 2.88. The van der Waals surface area contributed by atoms with E-state index in [1.807, 2.05) is 0 Å². The van der Waals surface area contributed by atoms with Crippen molar-refractivity contribution in [1.29, 1.82) is 0 Å². The summed E-state index contributed by atoms with van der Waals surface area (Å²) >= 11 is 7.09. The molecule has 10 nitrogen and oxygen atoms in total. The van der Waals surface area contributed by atoms with Gasteiger partial charge in [-0.05, 0) is 0 Å². The fraction of sp³-hybridized carbons (Fsp3) is 0.818. The van der Waals surface area contributed by atoms with Gasteiger partial charge in [-0.1, -0.05) is 0 Å². The third-order valence-electron chi connectivity index (χ3n) is 3.95. The smallest absolute Gasteiger partial charge is 0.306 e. The molecule has 0 bridgehead atoms. The molecule has 0 saturated heterocycles. The van der Waals surface area contributed by atoms with Gasteiger partial charge in [-0.15, -0.1) is 23.5 Å². The molecule has 0 aromatic rings. The number of aliphatic hydroxyl groups is 2. The molecular formula is C22H38O10S5. The summed E-state index contributed by atoms with van der Waals surface area (Å²) in [7, 11) is 0. The van der Waals surface area contributed by atoms with Crippen LogP contribution in [0.15, 0.2) is 0 Å². The lowest BCUT2D eigenvalue weighted by Crippen LogP contribution is -2.11. The Hall–Kier alpha value is -0.450. The largest absolute Gasteiger partial charge is 0.465 e. The highest BCUT2D eigenvalue weighted by Gasteiger charge is 2.07. The third kappa shape index (κ3) is 28.4. The van der Waals surface area contributed by atoms with Crippen molar-refractivity contribution in [2.24, 2.45) is 0 Å². The number of ether oxygens (including phenoxy) is 4. The van der Waals surface area contributed by atoms with E-state index < -0.39 is 0 Å². The van der Waals surface area contributed by atoms with E-state index in [0.29, 0.717) is 59.2 Å². The molecule has 0 saturated carbocycles. The van der Waals surface area contributed by atoms with Gasteiger partial charge in [0, 0.05) is 46.0 Å². The van der Waals surface area contributed by atoms with E-state index in [1.165, 1.54) is 58.8 Å². The van der Waals surface area contributed by atoms with Gasteiger partial charge in [-0.3, -0.25) is 19.2 Å². The number of thioether (sulfide) groups is 5. The van der Waals surface area contributed by atoms with E-state index in [2.05, 4.69) is 0 Å². The molecule has 0 fully saturated rings. The number of carbonyl (C=O) groups excluding carboxylic acids is 4. The number of rotatable bonds is 26. The Morgan fingerprint density at radius 1 is 0.405 bits per heavy atom. The van der Waals surface area contributed by atoms with Gasteiger partial charge < -0.3 is 29.2 Å². The van der Waals surface area contributed by atoms with E-state index in [0.717, 1.165) is 0 Å². The topological polar surface area (TPSA) is 146 Å². The Kier molecular flexibility index (Phi) is 28.2. The van der Waals surface area contributed by atoms with Crippen molar-refractivity contribution in [1.82, 2.24) is 0 Å². The van der Waals surface area contributed by atoms with Gasteiger partial charge in [-0.25, -0.2) is 0 Å². The lowest BCUT2D eigenvalue weighted by molar-refractivity contribution is -0.143. The van der Waals surface area contributed by atoms with Gasteiger partial charge in [-0.2, -0.15) is 35.3 Å². The van der Waals surface area contributed by atoms with Crippen molar-refractivity contribution in [3.63, 3.8) is 0 Å². The first-order valence-electron chi connectivity index (χ1n) is 11.7. The fourth-order valence-corrected chi connectivity index (χ4v) is 5.12. The Labute approximate surface area is 240 Å². The minimum absolute atomic E-state index is 0.00948. The van der Waals surface area contributed by atoms with E-state index in [9.17, 15) is 19.2 Å². The van der Waals surface area contributed by atoms with Gasteiger partial charge in [0.1, 0.15) is 26.4 Å². The van der Waals surface area contributed by atoms with Gasteiger partial charge in [0.2, 0.25) is 0 Å². The molecule has 0 heterocycles. The molecule has 0 unspecified atom stereocenters. The van der Waals surface area contributed by atoms with Crippen LogP contribution in [0.1, 0.15) is 25.7 Å². The highest BCUT2D eigenvalue weighted by molar-refractivity contribution is 8.00. The Morgan fingerprint density at radius 2 is 0.649 bits per heavy atom. The van der Waals surface area contributed by atoms with Crippen molar-refractivity contribution in [2.75, 3.05) is 84.3 Å². The standard InChI is InChI=1S/C22H38O10S5/c23-17-36-15-7-31-21(27)3-11-33-9-1-19(25)29-5-13-35-14-6-30-20(26)2-10-34-12-4-22(28)32-8-16-37-18-24/h23-24H,1-18H2. The molecule has 2 N–H and O–H groups in total. The minimum Gasteiger partial charge on any atom is -0.465 e. The highest BCUT2D eigenvalue weighted by atomic mass is 32.2. The van der Waals surface area contributed by atoms with Crippen molar-refractivity contribution >= 4 is 82.7 Å². The number of carbonyl (C=O) groups is 4. The Morgan fingerprint density at radius 3 is 0.919 bits per heavy atom. The fourth-order valence-electron chi connectivity index (χ4n) is 2.20. The van der Waals surface area contributed by atoms with Gasteiger partial charge in [0.25, 0.3) is 0 Å². The molecule has 37 heavy (non-hydrogen) atoms. The molecule has 0 rings (SSSR count). The first-order chi connectivity index (χ1) is 18.0. The summed E-state index contributed by atoms with van der Waals surface area (Å²) in [5.74, 6) is 3.55. The molecule has 0 aliphatic carbocycles. The Balaban J connectivity index is 3.41. The quantitative estimate of drug-likeness (QED) is 0.0629. The average molecular weight is 623 g/mol. The molecule has 0 aromatic carbocycles. The van der Waals surface area contributed by atoms with Gasteiger partial charge >= 0.3 is 23.9 Å². The van der Waals surface area contributed by atoms with Crippen LogP contribution < -0.4 is 0 Å². The van der Waals surface area contributed by atoms with Crippen molar-refractivity contribution in [3.05, 3.63) is 0 Å². The third-order valence-corrected chi connectivity index (χ3v) is 8.11. The second-order valence-electron chi connectivity index (χ2n) is 6.79. The minimum atomic E-state index is -0.283. The predicted molar refractivity (Wildman–Crippen MR) is 153 cm³/mol. The normalized spacial score (nSPS) is 10.6. The van der Waals surface area contributed by atoms with E-state index in [1.54, 1.807) is 0 Å². The zero-order chi connectivity index (χ0) is 27.4. The zero-order valence-electron chi connectivity index (χ0n) is 20.9. The van der Waals surface area contributed by atoms with E-state index in [-0.39, 0.29) is 74.7 Å². The maximum Gasteiger partial charge on any atom is 0.306 e. The first kappa shape index (κ1) is 36.5. The van der Waals surface area contributed by atoms with E-state index >= 15 is 0 Å². The summed E-state index contributed by atoms with van der Waals surface area (Å²) in [6, 6.07) is 0. The number of aliphatic hydroxyl groups excluding tert-OH is 2. The van der Waals surface area contributed by atoms with Crippen LogP contribution in [-0.4, -0.2) is 118 Å². The molecule has 0 aliphatic heterocycles. The lowest BCUT2D eigenvalue weighted by Gasteiger charge is -2.07. The first-order valence-corrected chi connectivity index (χ1v) is 17.5. The second-order valence-corrected chi connectivity index (χ2v) is 12.6. The maximum absolute atomic E-state index is 11.7. The van der Waals surface area contributed by atoms with Crippen LogP contribution in [-0.2, 0) is 38.1 Å². The maximum atomic E-state index is 11.7. The summed E-state index contributed by atoms with van der Waals surface area (Å²) in [4.78, 5) is 46.4. The van der Waals surface area contributed by atoms with Crippen LogP contribution in [0.5, 0.6) is 0 Å². The van der Waals surface area contributed by atoms with Crippen LogP contribution >= 0.6 is 58.8 Å². The summed E-state index contributed by atoms with van der Waals surface area (Å²) in [6.45, 7) is 1.16. The molecule has 0 spiro atoms.